The Labute approximate surface area is 108 Å². The average molecular weight is 244 g/mol. The van der Waals surface area contributed by atoms with E-state index in [1.54, 1.807) is 0 Å². The molecule has 4 nitrogen and oxygen atoms in total. The largest absolute Gasteiger partial charge is 0.309 e. The van der Waals surface area contributed by atoms with Crippen LogP contribution in [0.4, 0.5) is 0 Å². The van der Waals surface area contributed by atoms with Gasteiger partial charge in [-0.2, -0.15) is 5.10 Å². The average Bonchev–Trinajstić information content (AvgIpc) is 2.88. The second kappa shape index (κ2) is 6.31. The lowest BCUT2D eigenvalue weighted by Gasteiger charge is -2.21. The molecule has 0 saturated heterocycles. The van der Waals surface area contributed by atoms with Gasteiger partial charge in [0.05, 0.1) is 6.54 Å². The molecule has 0 aliphatic carbocycles. The van der Waals surface area contributed by atoms with E-state index in [4.69, 9.17) is 0 Å². The summed E-state index contributed by atoms with van der Waals surface area (Å²) < 4.78 is 0. The summed E-state index contributed by atoms with van der Waals surface area (Å²) in [6, 6.07) is 10.6. The number of rotatable bonds is 6. The Kier molecular flexibility index (Phi) is 4.47. The molecule has 0 aliphatic heterocycles. The molecule has 0 amide bonds. The van der Waals surface area contributed by atoms with Crippen LogP contribution in [0.5, 0.6) is 0 Å². The van der Waals surface area contributed by atoms with Gasteiger partial charge < -0.3 is 5.32 Å². The predicted molar refractivity (Wildman–Crippen MR) is 72.1 cm³/mol. The molecule has 0 saturated carbocycles. The summed E-state index contributed by atoms with van der Waals surface area (Å²) in [4.78, 5) is 4.10. The van der Waals surface area contributed by atoms with Gasteiger partial charge in [-0.15, -0.1) is 0 Å². The standard InChI is InChI=1S/C14H20N4/c1-11(2)13(12-6-4-3-5-7-12)8-15-9-14-16-10-17-18-14/h3-7,10-11,13,15H,8-9H2,1-2H3,(H,16,17,18). The van der Waals surface area contributed by atoms with Crippen molar-refractivity contribution in [1.82, 2.24) is 20.5 Å². The zero-order valence-electron chi connectivity index (χ0n) is 10.9. The molecular formula is C14H20N4. The van der Waals surface area contributed by atoms with Crippen molar-refractivity contribution in [2.24, 2.45) is 5.92 Å². The van der Waals surface area contributed by atoms with E-state index in [0.717, 1.165) is 18.9 Å². The van der Waals surface area contributed by atoms with Crippen molar-refractivity contribution >= 4 is 0 Å². The minimum atomic E-state index is 0.522. The smallest absolute Gasteiger partial charge is 0.138 e. The van der Waals surface area contributed by atoms with Crippen LogP contribution in [0.2, 0.25) is 0 Å². The Morgan fingerprint density at radius 2 is 2.00 bits per heavy atom. The zero-order chi connectivity index (χ0) is 12.8. The van der Waals surface area contributed by atoms with Crippen molar-refractivity contribution in [2.45, 2.75) is 26.3 Å². The van der Waals surface area contributed by atoms with Crippen molar-refractivity contribution in [1.29, 1.82) is 0 Å². The van der Waals surface area contributed by atoms with Crippen molar-refractivity contribution in [3.63, 3.8) is 0 Å². The fraction of sp³-hybridized carbons (Fsp3) is 0.429. The predicted octanol–water partition coefficient (Wildman–Crippen LogP) is 2.33. The van der Waals surface area contributed by atoms with Crippen molar-refractivity contribution in [2.75, 3.05) is 6.54 Å². The highest BCUT2D eigenvalue weighted by Gasteiger charge is 2.15. The van der Waals surface area contributed by atoms with Crippen LogP contribution in [-0.4, -0.2) is 21.7 Å². The lowest BCUT2D eigenvalue weighted by Crippen LogP contribution is -2.24. The minimum Gasteiger partial charge on any atom is -0.309 e. The Balaban J connectivity index is 1.91. The Hall–Kier alpha value is -1.68. The van der Waals surface area contributed by atoms with Gasteiger partial charge in [-0.1, -0.05) is 44.2 Å². The van der Waals surface area contributed by atoms with Gasteiger partial charge in [0, 0.05) is 6.54 Å². The third-order valence-corrected chi connectivity index (χ3v) is 3.15. The molecule has 1 unspecified atom stereocenters. The van der Waals surface area contributed by atoms with Crippen molar-refractivity contribution in [3.8, 4) is 0 Å². The maximum atomic E-state index is 4.10. The number of hydrogen-bond donors (Lipinski definition) is 2. The van der Waals surface area contributed by atoms with Crippen LogP contribution in [-0.2, 0) is 6.54 Å². The molecule has 1 heterocycles. The maximum absolute atomic E-state index is 4.10. The second-order valence-electron chi connectivity index (χ2n) is 4.82. The van der Waals surface area contributed by atoms with Gasteiger partial charge in [0.1, 0.15) is 12.2 Å². The van der Waals surface area contributed by atoms with Gasteiger partial charge in [-0.3, -0.25) is 5.10 Å². The summed E-state index contributed by atoms with van der Waals surface area (Å²) >= 11 is 0. The van der Waals surface area contributed by atoms with Crippen LogP contribution in [0.1, 0.15) is 31.2 Å². The van der Waals surface area contributed by atoms with E-state index in [0.29, 0.717) is 11.8 Å². The number of aromatic amines is 1. The fourth-order valence-electron chi connectivity index (χ4n) is 2.10. The highest BCUT2D eigenvalue weighted by atomic mass is 15.2. The van der Waals surface area contributed by atoms with E-state index < -0.39 is 0 Å². The summed E-state index contributed by atoms with van der Waals surface area (Å²) in [6.45, 7) is 6.19. The zero-order valence-corrected chi connectivity index (χ0v) is 10.9. The first-order chi connectivity index (χ1) is 8.77. The number of benzene rings is 1. The van der Waals surface area contributed by atoms with Gasteiger partial charge in [-0.25, -0.2) is 4.98 Å². The number of aromatic nitrogens is 3. The third kappa shape index (κ3) is 3.40. The SMILES string of the molecule is CC(C)C(CNCc1ncn[nH]1)c1ccccc1. The molecule has 1 aromatic carbocycles. The highest BCUT2D eigenvalue weighted by molar-refractivity contribution is 5.20. The van der Waals surface area contributed by atoms with Crippen LogP contribution >= 0.6 is 0 Å². The number of nitrogens with zero attached hydrogens (tertiary/aromatic N) is 2. The number of H-pyrrole nitrogens is 1. The van der Waals surface area contributed by atoms with E-state index in [-0.39, 0.29) is 0 Å². The van der Waals surface area contributed by atoms with E-state index in [1.165, 1.54) is 11.9 Å². The van der Waals surface area contributed by atoms with E-state index in [1.807, 2.05) is 0 Å². The normalized spacial score (nSPS) is 12.8. The molecule has 1 atom stereocenters. The molecule has 0 bridgehead atoms. The molecule has 2 aromatic rings. The van der Waals surface area contributed by atoms with Crippen LogP contribution in [0, 0.1) is 5.92 Å². The molecule has 0 aliphatic rings. The van der Waals surface area contributed by atoms with Crippen LogP contribution in [0.25, 0.3) is 0 Å². The first kappa shape index (κ1) is 12.8. The second-order valence-corrected chi connectivity index (χ2v) is 4.82. The van der Waals surface area contributed by atoms with Crippen LogP contribution in [0.3, 0.4) is 0 Å². The molecule has 0 radical (unpaired) electrons. The molecule has 2 rings (SSSR count). The third-order valence-electron chi connectivity index (χ3n) is 3.15. The first-order valence-electron chi connectivity index (χ1n) is 6.37. The van der Waals surface area contributed by atoms with Gasteiger partial charge in [0.2, 0.25) is 0 Å². The van der Waals surface area contributed by atoms with Crippen molar-refractivity contribution < 1.29 is 0 Å². The molecule has 4 heteroatoms. The summed E-state index contributed by atoms with van der Waals surface area (Å²) in [5.41, 5.74) is 1.39. The summed E-state index contributed by atoms with van der Waals surface area (Å²) in [5, 5.41) is 10.1. The van der Waals surface area contributed by atoms with E-state index >= 15 is 0 Å². The lowest BCUT2D eigenvalue weighted by atomic mass is 9.88. The van der Waals surface area contributed by atoms with Crippen LogP contribution < -0.4 is 5.32 Å². The molecule has 0 fully saturated rings. The lowest BCUT2D eigenvalue weighted by molar-refractivity contribution is 0.458. The van der Waals surface area contributed by atoms with Gasteiger partial charge in [0.15, 0.2) is 0 Å². The molecule has 1 aromatic heterocycles. The molecule has 18 heavy (non-hydrogen) atoms. The highest BCUT2D eigenvalue weighted by Crippen LogP contribution is 2.23. The first-order valence-corrected chi connectivity index (χ1v) is 6.37. The van der Waals surface area contributed by atoms with Gasteiger partial charge >= 0.3 is 0 Å². The molecular weight excluding hydrogens is 224 g/mol. The quantitative estimate of drug-likeness (QED) is 0.820. The van der Waals surface area contributed by atoms with Gasteiger partial charge in [0.25, 0.3) is 0 Å². The Morgan fingerprint density at radius 1 is 1.22 bits per heavy atom. The molecule has 96 valence electrons. The summed E-state index contributed by atoms with van der Waals surface area (Å²) in [5.74, 6) is 2.01. The number of hydrogen-bond acceptors (Lipinski definition) is 3. The number of nitrogens with one attached hydrogen (secondary N) is 2. The van der Waals surface area contributed by atoms with Gasteiger partial charge in [-0.05, 0) is 17.4 Å². The summed E-state index contributed by atoms with van der Waals surface area (Å²) in [7, 11) is 0. The topological polar surface area (TPSA) is 53.6 Å². The Bertz CT molecular complexity index is 436. The fourth-order valence-corrected chi connectivity index (χ4v) is 2.10. The molecule has 0 spiro atoms. The summed E-state index contributed by atoms with van der Waals surface area (Å²) in [6.07, 6.45) is 1.54. The van der Waals surface area contributed by atoms with E-state index in [2.05, 4.69) is 64.7 Å². The Morgan fingerprint density at radius 3 is 2.61 bits per heavy atom. The monoisotopic (exact) mass is 244 g/mol. The van der Waals surface area contributed by atoms with Crippen molar-refractivity contribution in [3.05, 3.63) is 48.0 Å². The molecule has 2 N–H and O–H groups in total. The van der Waals surface area contributed by atoms with E-state index in [9.17, 15) is 0 Å². The maximum Gasteiger partial charge on any atom is 0.138 e. The minimum absolute atomic E-state index is 0.522. The van der Waals surface area contributed by atoms with Crippen LogP contribution in [0.15, 0.2) is 36.7 Å².